The van der Waals surface area contributed by atoms with Crippen LogP contribution in [0, 0.1) is 0 Å². The molecule has 0 radical (unpaired) electrons. The SMILES string of the molecule is CCCCCCCCCNC(c1ccccc1)C(O)C(=O)O. The second-order valence-corrected chi connectivity index (χ2v) is 5.75. The zero-order chi connectivity index (χ0) is 16.2. The Kier molecular flexibility index (Phi) is 9.51. The van der Waals surface area contributed by atoms with Crippen molar-refractivity contribution in [2.45, 2.75) is 64.0 Å². The second kappa shape index (κ2) is 11.2. The number of hydrogen-bond donors (Lipinski definition) is 3. The van der Waals surface area contributed by atoms with E-state index in [1.807, 2.05) is 30.3 Å². The highest BCUT2D eigenvalue weighted by molar-refractivity contribution is 5.73. The maximum Gasteiger partial charge on any atom is 0.334 e. The Balaban J connectivity index is 2.35. The van der Waals surface area contributed by atoms with Crippen molar-refractivity contribution in [3.8, 4) is 0 Å². The van der Waals surface area contributed by atoms with Crippen LogP contribution in [0.5, 0.6) is 0 Å². The summed E-state index contributed by atoms with van der Waals surface area (Å²) in [6.07, 6.45) is 7.07. The number of hydrogen-bond acceptors (Lipinski definition) is 3. The largest absolute Gasteiger partial charge is 0.479 e. The fourth-order valence-electron chi connectivity index (χ4n) is 2.55. The Morgan fingerprint density at radius 3 is 2.23 bits per heavy atom. The minimum absolute atomic E-state index is 0.557. The summed E-state index contributed by atoms with van der Waals surface area (Å²) in [5.41, 5.74) is 0.806. The maximum atomic E-state index is 11.1. The Morgan fingerprint density at radius 1 is 1.05 bits per heavy atom. The molecule has 2 atom stereocenters. The number of rotatable bonds is 12. The van der Waals surface area contributed by atoms with Crippen LogP contribution < -0.4 is 5.32 Å². The molecule has 0 saturated carbocycles. The van der Waals surface area contributed by atoms with Crippen LogP contribution in [-0.2, 0) is 4.79 Å². The summed E-state index contributed by atoms with van der Waals surface area (Å²) in [5, 5.41) is 22.1. The first-order valence-corrected chi connectivity index (χ1v) is 8.36. The van der Waals surface area contributed by atoms with Gasteiger partial charge in [-0.05, 0) is 18.5 Å². The third kappa shape index (κ3) is 7.05. The summed E-state index contributed by atoms with van der Waals surface area (Å²) in [6, 6.07) is 8.71. The van der Waals surface area contributed by atoms with Gasteiger partial charge >= 0.3 is 5.97 Å². The van der Waals surface area contributed by atoms with Crippen LogP contribution in [0.25, 0.3) is 0 Å². The van der Waals surface area contributed by atoms with E-state index in [0.717, 1.165) is 24.9 Å². The molecule has 0 fully saturated rings. The van der Waals surface area contributed by atoms with Crippen LogP contribution in [0.3, 0.4) is 0 Å². The molecule has 4 nitrogen and oxygen atoms in total. The predicted octanol–water partition coefficient (Wildman–Crippen LogP) is 3.51. The molecular weight excluding hydrogens is 278 g/mol. The van der Waals surface area contributed by atoms with Gasteiger partial charge in [-0.3, -0.25) is 0 Å². The van der Waals surface area contributed by atoms with Gasteiger partial charge in [0.05, 0.1) is 6.04 Å². The first-order valence-electron chi connectivity index (χ1n) is 8.36. The second-order valence-electron chi connectivity index (χ2n) is 5.75. The lowest BCUT2D eigenvalue weighted by molar-refractivity contribution is -0.148. The molecular formula is C18H29NO3. The van der Waals surface area contributed by atoms with Gasteiger partial charge < -0.3 is 15.5 Å². The minimum atomic E-state index is -1.42. The fourth-order valence-corrected chi connectivity index (χ4v) is 2.55. The van der Waals surface area contributed by atoms with Crippen LogP contribution in [-0.4, -0.2) is 28.8 Å². The number of unbranched alkanes of at least 4 members (excludes halogenated alkanes) is 6. The molecule has 4 heteroatoms. The van der Waals surface area contributed by atoms with Crippen molar-refractivity contribution in [3.63, 3.8) is 0 Å². The molecule has 0 saturated heterocycles. The minimum Gasteiger partial charge on any atom is -0.479 e. The van der Waals surface area contributed by atoms with E-state index in [1.165, 1.54) is 32.1 Å². The average molecular weight is 307 g/mol. The smallest absolute Gasteiger partial charge is 0.334 e. The quantitative estimate of drug-likeness (QED) is 0.517. The number of aliphatic hydroxyl groups is 1. The zero-order valence-electron chi connectivity index (χ0n) is 13.5. The summed E-state index contributed by atoms with van der Waals surface area (Å²) in [7, 11) is 0. The molecule has 0 aliphatic heterocycles. The van der Waals surface area contributed by atoms with Crippen molar-refractivity contribution in [2.24, 2.45) is 0 Å². The number of benzene rings is 1. The molecule has 0 heterocycles. The van der Waals surface area contributed by atoms with Gasteiger partial charge in [-0.1, -0.05) is 75.8 Å². The number of carboxylic acid groups (broad SMARTS) is 1. The number of carbonyl (C=O) groups is 1. The van der Waals surface area contributed by atoms with E-state index < -0.39 is 18.1 Å². The summed E-state index contributed by atoms with van der Waals surface area (Å²) in [4.78, 5) is 11.1. The topological polar surface area (TPSA) is 69.6 Å². The molecule has 0 bridgehead atoms. The van der Waals surface area contributed by atoms with Crippen LogP contribution in [0.1, 0.15) is 63.5 Å². The normalized spacial score (nSPS) is 13.7. The number of aliphatic carboxylic acids is 1. The van der Waals surface area contributed by atoms with Crippen molar-refractivity contribution in [3.05, 3.63) is 35.9 Å². The number of nitrogens with one attached hydrogen (secondary N) is 1. The van der Waals surface area contributed by atoms with Crippen LogP contribution in [0.15, 0.2) is 30.3 Å². The third-order valence-corrected chi connectivity index (χ3v) is 3.87. The molecule has 1 rings (SSSR count). The van der Waals surface area contributed by atoms with E-state index in [4.69, 9.17) is 5.11 Å². The van der Waals surface area contributed by atoms with E-state index in [0.29, 0.717) is 0 Å². The Hall–Kier alpha value is -1.39. The van der Waals surface area contributed by atoms with E-state index in [2.05, 4.69) is 12.2 Å². The Bertz CT molecular complexity index is 408. The molecule has 1 aromatic carbocycles. The van der Waals surface area contributed by atoms with Crippen molar-refractivity contribution in [1.82, 2.24) is 5.32 Å². The van der Waals surface area contributed by atoms with Crippen molar-refractivity contribution in [2.75, 3.05) is 6.54 Å². The predicted molar refractivity (Wildman–Crippen MR) is 88.8 cm³/mol. The van der Waals surface area contributed by atoms with Crippen molar-refractivity contribution < 1.29 is 15.0 Å². The number of aliphatic hydroxyl groups excluding tert-OH is 1. The van der Waals surface area contributed by atoms with Gasteiger partial charge in [-0.25, -0.2) is 4.79 Å². The van der Waals surface area contributed by atoms with E-state index >= 15 is 0 Å². The van der Waals surface area contributed by atoms with Crippen LogP contribution in [0.4, 0.5) is 0 Å². The van der Waals surface area contributed by atoms with Gasteiger partial charge in [-0.2, -0.15) is 0 Å². The Labute approximate surface area is 133 Å². The fraction of sp³-hybridized carbons (Fsp3) is 0.611. The summed E-state index contributed by atoms with van der Waals surface area (Å²) in [5.74, 6) is -1.19. The number of carboxylic acids is 1. The lowest BCUT2D eigenvalue weighted by Crippen LogP contribution is -2.37. The van der Waals surface area contributed by atoms with Crippen molar-refractivity contribution in [1.29, 1.82) is 0 Å². The van der Waals surface area contributed by atoms with Gasteiger partial charge in [0.2, 0.25) is 0 Å². The van der Waals surface area contributed by atoms with Gasteiger partial charge in [0.15, 0.2) is 6.10 Å². The molecule has 0 amide bonds. The molecule has 2 unspecified atom stereocenters. The average Bonchev–Trinajstić information content (AvgIpc) is 2.53. The van der Waals surface area contributed by atoms with Gasteiger partial charge in [0.1, 0.15) is 0 Å². The van der Waals surface area contributed by atoms with Gasteiger partial charge in [-0.15, -0.1) is 0 Å². The highest BCUT2D eigenvalue weighted by Crippen LogP contribution is 2.17. The molecule has 22 heavy (non-hydrogen) atoms. The Morgan fingerprint density at radius 2 is 1.64 bits per heavy atom. The molecule has 0 spiro atoms. The van der Waals surface area contributed by atoms with E-state index in [9.17, 15) is 9.90 Å². The van der Waals surface area contributed by atoms with Crippen LogP contribution >= 0.6 is 0 Å². The van der Waals surface area contributed by atoms with Gasteiger partial charge in [0.25, 0.3) is 0 Å². The first kappa shape index (κ1) is 18.7. The standard InChI is InChI=1S/C18H29NO3/c1-2-3-4-5-6-7-11-14-19-16(17(20)18(21)22)15-12-9-8-10-13-15/h8-10,12-13,16-17,19-20H,2-7,11,14H2,1H3,(H,21,22). The summed E-state index contributed by atoms with van der Waals surface area (Å²) in [6.45, 7) is 2.93. The highest BCUT2D eigenvalue weighted by Gasteiger charge is 2.26. The first-order chi connectivity index (χ1) is 10.7. The van der Waals surface area contributed by atoms with Crippen molar-refractivity contribution >= 4 is 5.97 Å². The van der Waals surface area contributed by atoms with E-state index in [-0.39, 0.29) is 0 Å². The molecule has 1 aromatic rings. The van der Waals surface area contributed by atoms with Gasteiger partial charge in [0, 0.05) is 0 Å². The van der Waals surface area contributed by atoms with Crippen LogP contribution in [0.2, 0.25) is 0 Å². The molecule has 0 aliphatic rings. The molecule has 0 aromatic heterocycles. The maximum absolute atomic E-state index is 11.1. The lowest BCUT2D eigenvalue weighted by Gasteiger charge is -2.22. The molecule has 3 N–H and O–H groups in total. The summed E-state index contributed by atoms with van der Waals surface area (Å²) >= 11 is 0. The van der Waals surface area contributed by atoms with E-state index in [1.54, 1.807) is 0 Å². The lowest BCUT2D eigenvalue weighted by atomic mass is 10.0. The zero-order valence-corrected chi connectivity index (χ0v) is 13.5. The molecule has 124 valence electrons. The summed E-state index contributed by atoms with van der Waals surface area (Å²) < 4.78 is 0. The highest BCUT2D eigenvalue weighted by atomic mass is 16.4. The monoisotopic (exact) mass is 307 g/mol. The molecule has 0 aliphatic carbocycles. The third-order valence-electron chi connectivity index (χ3n) is 3.87.